The molecular weight excluding hydrogens is 735 g/mol. The van der Waals surface area contributed by atoms with Crippen LogP contribution in [0.5, 0.6) is 0 Å². The van der Waals surface area contributed by atoms with E-state index in [0.717, 1.165) is 0 Å². The molecule has 0 unspecified atom stereocenters. The molecule has 0 N–H and O–H groups in total. The Kier molecular flexibility index (Phi) is 6.83. The van der Waals surface area contributed by atoms with Gasteiger partial charge in [-0.1, -0.05) is 163 Å². The molecule has 0 aliphatic carbocycles. The fourth-order valence-corrected chi connectivity index (χ4v) is 11.2. The van der Waals surface area contributed by atoms with Crippen LogP contribution < -0.4 is 15.8 Å². The number of fused-ring (bicyclic) bond motifs is 16. The van der Waals surface area contributed by atoms with Gasteiger partial charge in [-0.2, -0.15) is 0 Å². The molecule has 1 aromatic heterocycles. The second-order valence-electron chi connectivity index (χ2n) is 19.7. The zero-order valence-electron chi connectivity index (χ0n) is 35.6. The van der Waals surface area contributed by atoms with Gasteiger partial charge in [0.05, 0.1) is 0 Å². The van der Waals surface area contributed by atoms with Crippen LogP contribution in [0, 0.1) is 0 Å². The Balaban J connectivity index is 1.23. The molecular formula is C58H45BN2. The third kappa shape index (κ3) is 4.75. The van der Waals surface area contributed by atoms with Gasteiger partial charge in [0, 0.05) is 44.4 Å². The van der Waals surface area contributed by atoms with Gasteiger partial charge in [-0.05, 0) is 135 Å². The zero-order chi connectivity index (χ0) is 41.1. The molecule has 2 aliphatic heterocycles. The van der Waals surface area contributed by atoms with Gasteiger partial charge in [0.25, 0.3) is 0 Å². The maximum Gasteiger partial charge on any atom is 0.333 e. The Morgan fingerprint density at radius 3 is 1.57 bits per heavy atom. The first-order valence-electron chi connectivity index (χ1n) is 21.9. The number of nitrogens with zero attached hydrogens (tertiary/aromatic N) is 2. The fourth-order valence-electron chi connectivity index (χ4n) is 11.2. The average molecular weight is 781 g/mol. The highest BCUT2D eigenvalue weighted by Gasteiger charge is 2.44. The third-order valence-electron chi connectivity index (χ3n) is 14.1. The molecule has 2 nitrogen and oxygen atoms in total. The summed E-state index contributed by atoms with van der Waals surface area (Å²) in [5.74, 6) is 0. The van der Waals surface area contributed by atoms with E-state index in [4.69, 9.17) is 0 Å². The van der Waals surface area contributed by atoms with Crippen molar-refractivity contribution >= 4 is 111 Å². The fraction of sp³-hybridized carbons (Fsp3) is 0.138. The Morgan fingerprint density at radius 2 is 0.934 bits per heavy atom. The minimum absolute atomic E-state index is 0.0410. The summed E-state index contributed by atoms with van der Waals surface area (Å²) in [5.41, 5.74) is 14.3. The number of para-hydroxylation sites is 2. The van der Waals surface area contributed by atoms with Gasteiger partial charge in [0.1, 0.15) is 0 Å². The summed E-state index contributed by atoms with van der Waals surface area (Å²) in [4.78, 5) is 2.64. The SMILES string of the molecule is CC(C)(C)c1cc(N2c3cc4cc5c6ccccc6c6ccccc6c5cc4cc3B3c4c2cc2ccccc2c4-c2cccc4c5ccccc5n3c24)cc(C(C)(C)C)c1. The van der Waals surface area contributed by atoms with Gasteiger partial charge in [-0.3, -0.25) is 0 Å². The van der Waals surface area contributed by atoms with Gasteiger partial charge < -0.3 is 9.38 Å². The van der Waals surface area contributed by atoms with E-state index < -0.39 is 0 Å². The zero-order valence-corrected chi connectivity index (χ0v) is 35.6. The standard InChI is InChI=1S/C58H45BN2/c1-57(2,3)37-31-38(58(4,5)6)33-39(32-37)60-52-30-36-27-49-44-21-12-10-19-42(44)41-18-9-11-20-43(41)48(49)26-35(36)28-50(52)59-55-53(60)29-34-16-7-8-17-40(34)54(55)47-24-15-23-46-45-22-13-14-25-51(45)61(59)56(46)47/h7-33H,1-6H3. The lowest BCUT2D eigenvalue weighted by Crippen LogP contribution is -2.56. The van der Waals surface area contributed by atoms with Crippen LogP contribution in [-0.2, 0) is 10.8 Å². The molecule has 13 rings (SSSR count). The van der Waals surface area contributed by atoms with Crippen LogP contribution in [0.25, 0.3) is 86.8 Å². The van der Waals surface area contributed by atoms with Crippen LogP contribution in [0.2, 0.25) is 0 Å². The lowest BCUT2D eigenvalue weighted by atomic mass is 9.44. The van der Waals surface area contributed by atoms with E-state index >= 15 is 0 Å². The number of benzene rings is 10. The molecule has 0 radical (unpaired) electrons. The molecule has 0 saturated carbocycles. The normalized spacial score (nSPS) is 13.7. The van der Waals surface area contributed by atoms with Crippen molar-refractivity contribution in [1.29, 1.82) is 0 Å². The van der Waals surface area contributed by atoms with Crippen LogP contribution in [0.15, 0.2) is 164 Å². The second kappa shape index (κ2) is 11.9. The molecule has 61 heavy (non-hydrogen) atoms. The van der Waals surface area contributed by atoms with E-state index in [1.54, 1.807) is 0 Å². The van der Waals surface area contributed by atoms with Crippen LogP contribution in [-0.4, -0.2) is 11.3 Å². The number of hydrogen-bond donors (Lipinski definition) is 0. The van der Waals surface area contributed by atoms with Crippen molar-refractivity contribution in [3.8, 4) is 11.1 Å². The van der Waals surface area contributed by atoms with Gasteiger partial charge in [0.2, 0.25) is 0 Å². The Bertz CT molecular complexity index is 3710. The molecule has 11 aromatic rings. The highest BCUT2D eigenvalue weighted by molar-refractivity contribution is 6.90. The topological polar surface area (TPSA) is 8.17 Å². The van der Waals surface area contributed by atoms with Gasteiger partial charge in [0.15, 0.2) is 0 Å². The van der Waals surface area contributed by atoms with E-state index in [1.807, 2.05) is 0 Å². The monoisotopic (exact) mass is 780 g/mol. The molecule has 0 atom stereocenters. The van der Waals surface area contributed by atoms with Crippen molar-refractivity contribution in [2.24, 2.45) is 0 Å². The van der Waals surface area contributed by atoms with E-state index in [-0.39, 0.29) is 17.7 Å². The molecule has 0 bridgehead atoms. The van der Waals surface area contributed by atoms with E-state index in [2.05, 4.69) is 215 Å². The van der Waals surface area contributed by atoms with Gasteiger partial charge in [-0.25, -0.2) is 0 Å². The molecule has 0 spiro atoms. The van der Waals surface area contributed by atoms with Crippen LogP contribution in [0.3, 0.4) is 0 Å². The number of aromatic nitrogens is 1. The largest absolute Gasteiger partial charge is 0.375 e. The molecule has 0 amide bonds. The average Bonchev–Trinajstić information content (AvgIpc) is 3.60. The van der Waals surface area contributed by atoms with Gasteiger partial charge >= 0.3 is 6.85 Å². The predicted molar refractivity (Wildman–Crippen MR) is 265 cm³/mol. The highest BCUT2D eigenvalue weighted by Crippen LogP contribution is 2.49. The lowest BCUT2D eigenvalue weighted by Gasteiger charge is -2.42. The van der Waals surface area contributed by atoms with E-state index in [9.17, 15) is 0 Å². The molecule has 0 fully saturated rings. The predicted octanol–water partition coefficient (Wildman–Crippen LogP) is 14.6. The Labute approximate surface area is 356 Å². The van der Waals surface area contributed by atoms with E-state index in [1.165, 1.54) is 126 Å². The summed E-state index contributed by atoms with van der Waals surface area (Å²) in [7, 11) is 0. The number of anilines is 3. The number of rotatable bonds is 1. The van der Waals surface area contributed by atoms with Crippen molar-refractivity contribution in [1.82, 2.24) is 4.48 Å². The molecule has 290 valence electrons. The summed E-state index contributed by atoms with van der Waals surface area (Å²) in [6.07, 6.45) is 0. The van der Waals surface area contributed by atoms with Crippen molar-refractivity contribution < 1.29 is 0 Å². The number of hydrogen-bond acceptors (Lipinski definition) is 1. The van der Waals surface area contributed by atoms with Crippen LogP contribution >= 0.6 is 0 Å². The minimum atomic E-state index is -0.0421. The minimum Gasteiger partial charge on any atom is -0.375 e. The molecule has 10 aromatic carbocycles. The third-order valence-corrected chi connectivity index (χ3v) is 14.1. The summed E-state index contributed by atoms with van der Waals surface area (Å²) >= 11 is 0. The van der Waals surface area contributed by atoms with Crippen LogP contribution in [0.1, 0.15) is 52.7 Å². The summed E-state index contributed by atoms with van der Waals surface area (Å²) in [6, 6.07) is 63.0. The first-order chi connectivity index (χ1) is 29.5. The van der Waals surface area contributed by atoms with Crippen molar-refractivity contribution in [3.05, 3.63) is 175 Å². The maximum absolute atomic E-state index is 2.69. The lowest BCUT2D eigenvalue weighted by molar-refractivity contribution is 0.569. The highest BCUT2D eigenvalue weighted by atomic mass is 15.2. The summed E-state index contributed by atoms with van der Waals surface area (Å²) in [6.45, 7) is 14.1. The Hall–Kier alpha value is -6.84. The smallest absolute Gasteiger partial charge is 0.333 e. The molecule has 2 aliphatic rings. The Morgan fingerprint density at radius 1 is 0.410 bits per heavy atom. The van der Waals surface area contributed by atoms with Crippen LogP contribution in [0.4, 0.5) is 17.1 Å². The summed E-state index contributed by atoms with van der Waals surface area (Å²) in [5, 5.41) is 15.5. The molecule has 3 heterocycles. The van der Waals surface area contributed by atoms with Gasteiger partial charge in [-0.15, -0.1) is 0 Å². The van der Waals surface area contributed by atoms with Crippen molar-refractivity contribution in [3.63, 3.8) is 0 Å². The molecule has 0 saturated heterocycles. The second-order valence-corrected chi connectivity index (χ2v) is 19.7. The summed E-state index contributed by atoms with van der Waals surface area (Å²) < 4.78 is 2.69. The first-order valence-corrected chi connectivity index (χ1v) is 21.9. The molecule has 3 heteroatoms. The quantitative estimate of drug-likeness (QED) is 0.0915. The van der Waals surface area contributed by atoms with E-state index in [0.29, 0.717) is 0 Å². The van der Waals surface area contributed by atoms with Crippen molar-refractivity contribution in [2.45, 2.75) is 52.4 Å². The first kappa shape index (κ1) is 35.0. The maximum atomic E-state index is 2.69. The van der Waals surface area contributed by atoms with Crippen molar-refractivity contribution in [2.75, 3.05) is 4.90 Å².